The van der Waals surface area contributed by atoms with Gasteiger partial charge in [0.15, 0.2) is 0 Å². The molecule has 2 amide bonds. The predicted molar refractivity (Wildman–Crippen MR) is 118 cm³/mol. The van der Waals surface area contributed by atoms with E-state index in [2.05, 4.69) is 15.4 Å². The summed E-state index contributed by atoms with van der Waals surface area (Å²) < 4.78 is 27.9. The molecule has 2 aliphatic rings. The number of anilines is 2. The summed E-state index contributed by atoms with van der Waals surface area (Å²) in [6.45, 7) is 1.83. The molecule has 7 nitrogen and oxygen atoms in total. The molecule has 1 aliphatic carbocycles. The standard InChI is InChI=1S/C21H23N3O4S2/c1-13-20(25)23-18-11-14(7-10-19(18)29-13)21(26)22-16-8-9-17(12-16)30(27,28)24-15-5-3-2-4-6-15/h2-7,10-11,13,16-17,24H,8-9,12H2,1H3,(H,22,26)(H,23,25). The average Bonchev–Trinajstić information content (AvgIpc) is 3.18. The number of amides is 2. The zero-order valence-corrected chi connectivity index (χ0v) is 18.1. The van der Waals surface area contributed by atoms with Gasteiger partial charge in [0, 0.05) is 22.2 Å². The molecule has 2 aromatic rings. The number of hydrogen-bond donors (Lipinski definition) is 3. The summed E-state index contributed by atoms with van der Waals surface area (Å²) in [5, 5.41) is 5.04. The summed E-state index contributed by atoms with van der Waals surface area (Å²) in [7, 11) is -3.52. The van der Waals surface area contributed by atoms with Crippen molar-refractivity contribution in [3.05, 3.63) is 54.1 Å². The van der Waals surface area contributed by atoms with E-state index in [1.54, 1.807) is 36.4 Å². The molecule has 3 unspecified atom stereocenters. The van der Waals surface area contributed by atoms with Gasteiger partial charge in [-0.25, -0.2) is 8.42 Å². The molecule has 1 aliphatic heterocycles. The summed E-state index contributed by atoms with van der Waals surface area (Å²) in [5.74, 6) is -0.352. The van der Waals surface area contributed by atoms with Crippen molar-refractivity contribution < 1.29 is 18.0 Å². The quantitative estimate of drug-likeness (QED) is 0.656. The molecule has 4 rings (SSSR count). The molecule has 0 saturated heterocycles. The molecule has 0 spiro atoms. The van der Waals surface area contributed by atoms with E-state index >= 15 is 0 Å². The van der Waals surface area contributed by atoms with Crippen LogP contribution in [0.5, 0.6) is 0 Å². The van der Waals surface area contributed by atoms with Crippen molar-refractivity contribution in [1.29, 1.82) is 0 Å². The fraction of sp³-hybridized carbons (Fsp3) is 0.333. The first-order chi connectivity index (χ1) is 14.3. The Morgan fingerprint density at radius 2 is 1.90 bits per heavy atom. The van der Waals surface area contributed by atoms with Crippen LogP contribution >= 0.6 is 11.8 Å². The minimum absolute atomic E-state index is 0.0835. The molecule has 3 N–H and O–H groups in total. The molecule has 9 heteroatoms. The maximum Gasteiger partial charge on any atom is 0.251 e. The van der Waals surface area contributed by atoms with Gasteiger partial charge in [-0.05, 0) is 56.5 Å². The summed E-state index contributed by atoms with van der Waals surface area (Å²) in [6.07, 6.45) is 1.45. The lowest BCUT2D eigenvalue weighted by molar-refractivity contribution is -0.115. The Kier molecular flexibility index (Phi) is 5.75. The van der Waals surface area contributed by atoms with Crippen LogP contribution in [0.25, 0.3) is 0 Å². The van der Waals surface area contributed by atoms with Gasteiger partial charge in [0.1, 0.15) is 0 Å². The largest absolute Gasteiger partial charge is 0.349 e. The van der Waals surface area contributed by atoms with Gasteiger partial charge in [-0.1, -0.05) is 18.2 Å². The van der Waals surface area contributed by atoms with Crippen molar-refractivity contribution in [3.8, 4) is 0 Å². The van der Waals surface area contributed by atoms with E-state index in [1.165, 1.54) is 11.8 Å². The third-order valence-electron chi connectivity index (χ3n) is 5.37. The minimum Gasteiger partial charge on any atom is -0.349 e. The van der Waals surface area contributed by atoms with Gasteiger partial charge in [-0.2, -0.15) is 0 Å². The van der Waals surface area contributed by atoms with Gasteiger partial charge in [-0.3, -0.25) is 14.3 Å². The maximum atomic E-state index is 12.7. The van der Waals surface area contributed by atoms with Crippen LogP contribution in [0.3, 0.4) is 0 Å². The van der Waals surface area contributed by atoms with E-state index in [-0.39, 0.29) is 23.1 Å². The molecule has 0 radical (unpaired) electrons. The van der Waals surface area contributed by atoms with Crippen molar-refractivity contribution in [3.63, 3.8) is 0 Å². The minimum atomic E-state index is -3.52. The summed E-state index contributed by atoms with van der Waals surface area (Å²) in [6, 6.07) is 13.8. The van der Waals surface area contributed by atoms with E-state index < -0.39 is 15.3 Å². The number of rotatable bonds is 5. The number of para-hydroxylation sites is 1. The highest BCUT2D eigenvalue weighted by Gasteiger charge is 2.35. The topological polar surface area (TPSA) is 104 Å². The molecule has 0 bridgehead atoms. The molecule has 1 heterocycles. The number of hydrogen-bond acceptors (Lipinski definition) is 5. The fourth-order valence-corrected chi connectivity index (χ4v) is 6.22. The van der Waals surface area contributed by atoms with E-state index in [4.69, 9.17) is 0 Å². The highest BCUT2D eigenvalue weighted by Crippen LogP contribution is 2.36. The third kappa shape index (κ3) is 4.46. The molecule has 0 aromatic heterocycles. The first-order valence-electron chi connectivity index (χ1n) is 9.81. The van der Waals surface area contributed by atoms with Crippen LogP contribution in [0.4, 0.5) is 11.4 Å². The first kappa shape index (κ1) is 20.7. The number of thioether (sulfide) groups is 1. The van der Waals surface area contributed by atoms with Crippen LogP contribution in [0, 0.1) is 0 Å². The van der Waals surface area contributed by atoms with Gasteiger partial charge in [0.05, 0.1) is 16.2 Å². The molecule has 158 valence electrons. The van der Waals surface area contributed by atoms with Crippen LogP contribution in [0.15, 0.2) is 53.4 Å². The second-order valence-corrected chi connectivity index (χ2v) is 10.9. The van der Waals surface area contributed by atoms with Gasteiger partial charge in [0.2, 0.25) is 15.9 Å². The number of fused-ring (bicyclic) bond motifs is 1. The Hall–Kier alpha value is -2.52. The normalized spacial score (nSPS) is 23.4. The van der Waals surface area contributed by atoms with E-state index in [9.17, 15) is 18.0 Å². The zero-order chi connectivity index (χ0) is 21.3. The monoisotopic (exact) mass is 445 g/mol. The highest BCUT2D eigenvalue weighted by atomic mass is 32.2. The predicted octanol–water partition coefficient (Wildman–Crippen LogP) is 3.21. The lowest BCUT2D eigenvalue weighted by Gasteiger charge is -2.22. The Bertz CT molecular complexity index is 1070. The van der Waals surface area contributed by atoms with E-state index in [1.807, 2.05) is 19.1 Å². The summed E-state index contributed by atoms with van der Waals surface area (Å²) in [5.41, 5.74) is 1.61. The Balaban J connectivity index is 1.38. The van der Waals surface area contributed by atoms with E-state index in [0.29, 0.717) is 36.2 Å². The van der Waals surface area contributed by atoms with Crippen molar-refractivity contribution in [1.82, 2.24) is 5.32 Å². The number of nitrogens with one attached hydrogen (secondary N) is 3. The Morgan fingerprint density at radius 3 is 2.67 bits per heavy atom. The summed E-state index contributed by atoms with van der Waals surface area (Å²) in [4.78, 5) is 25.5. The summed E-state index contributed by atoms with van der Waals surface area (Å²) >= 11 is 1.46. The van der Waals surface area contributed by atoms with Crippen LogP contribution in [0.1, 0.15) is 36.5 Å². The number of sulfonamides is 1. The third-order valence-corrected chi connectivity index (χ3v) is 8.37. The van der Waals surface area contributed by atoms with Gasteiger partial charge in [-0.15, -0.1) is 11.8 Å². The van der Waals surface area contributed by atoms with E-state index in [0.717, 1.165) is 4.90 Å². The van der Waals surface area contributed by atoms with Gasteiger partial charge < -0.3 is 10.6 Å². The maximum absolute atomic E-state index is 12.7. The van der Waals surface area contributed by atoms with Gasteiger partial charge >= 0.3 is 0 Å². The molecule has 3 atom stereocenters. The number of carbonyl (C=O) groups is 2. The van der Waals surface area contributed by atoms with Crippen LogP contribution in [0.2, 0.25) is 0 Å². The molecule has 2 aromatic carbocycles. The van der Waals surface area contributed by atoms with Crippen molar-refractivity contribution >= 4 is 45.0 Å². The molecule has 1 saturated carbocycles. The van der Waals surface area contributed by atoms with Crippen LogP contribution in [-0.4, -0.2) is 36.8 Å². The van der Waals surface area contributed by atoms with Crippen LogP contribution < -0.4 is 15.4 Å². The molecule has 30 heavy (non-hydrogen) atoms. The van der Waals surface area contributed by atoms with Crippen molar-refractivity contribution in [2.24, 2.45) is 0 Å². The molecule has 1 fully saturated rings. The highest BCUT2D eigenvalue weighted by molar-refractivity contribution is 8.01. The SMILES string of the molecule is CC1Sc2ccc(C(=O)NC3CCC(S(=O)(=O)Nc4ccccc4)C3)cc2NC1=O. The van der Waals surface area contributed by atoms with Crippen molar-refractivity contribution in [2.45, 2.75) is 47.6 Å². The fourth-order valence-electron chi connectivity index (χ4n) is 3.73. The average molecular weight is 446 g/mol. The van der Waals surface area contributed by atoms with Gasteiger partial charge in [0.25, 0.3) is 5.91 Å². The molecular formula is C21H23N3O4S2. The molecular weight excluding hydrogens is 422 g/mol. The number of carbonyl (C=O) groups excluding carboxylic acids is 2. The lowest BCUT2D eigenvalue weighted by atomic mass is 10.1. The second kappa shape index (κ2) is 8.31. The Labute approximate surface area is 180 Å². The zero-order valence-electron chi connectivity index (χ0n) is 16.4. The number of benzene rings is 2. The lowest BCUT2D eigenvalue weighted by Crippen LogP contribution is -2.35. The first-order valence-corrected chi connectivity index (χ1v) is 12.2. The van der Waals surface area contributed by atoms with Crippen LogP contribution in [-0.2, 0) is 14.8 Å². The Morgan fingerprint density at radius 1 is 1.13 bits per heavy atom. The second-order valence-electron chi connectivity index (χ2n) is 7.58. The van der Waals surface area contributed by atoms with Crippen molar-refractivity contribution in [2.75, 3.05) is 10.0 Å². The smallest absolute Gasteiger partial charge is 0.251 e.